The van der Waals surface area contributed by atoms with Crippen molar-refractivity contribution in [2.24, 2.45) is 0 Å². The SMILES string of the molecule is N#Cc1ccc(NC(=O)Nc2nnc(SC3CCNC3=O)s2)cc1. The number of thioether (sulfide) groups is 1. The molecule has 1 aliphatic heterocycles. The maximum absolute atomic E-state index is 11.9. The third-order valence-electron chi connectivity index (χ3n) is 3.14. The lowest BCUT2D eigenvalue weighted by molar-refractivity contribution is -0.118. The van der Waals surface area contributed by atoms with Crippen molar-refractivity contribution < 1.29 is 9.59 Å². The number of benzene rings is 1. The van der Waals surface area contributed by atoms with Gasteiger partial charge in [0.1, 0.15) is 0 Å². The van der Waals surface area contributed by atoms with Gasteiger partial charge in [0.2, 0.25) is 11.0 Å². The van der Waals surface area contributed by atoms with E-state index in [4.69, 9.17) is 5.26 Å². The van der Waals surface area contributed by atoms with Crippen molar-refractivity contribution >= 4 is 45.9 Å². The van der Waals surface area contributed by atoms with Crippen LogP contribution in [0.2, 0.25) is 0 Å². The fraction of sp³-hybridized carbons (Fsp3) is 0.214. The summed E-state index contributed by atoms with van der Waals surface area (Å²) in [5, 5.41) is 24.8. The Morgan fingerprint density at radius 3 is 2.79 bits per heavy atom. The highest BCUT2D eigenvalue weighted by atomic mass is 32.2. The summed E-state index contributed by atoms with van der Waals surface area (Å²) >= 11 is 2.56. The lowest BCUT2D eigenvalue weighted by Crippen LogP contribution is -2.20. The van der Waals surface area contributed by atoms with Gasteiger partial charge >= 0.3 is 6.03 Å². The summed E-state index contributed by atoms with van der Waals surface area (Å²) < 4.78 is 0.630. The van der Waals surface area contributed by atoms with Crippen LogP contribution < -0.4 is 16.0 Å². The molecule has 3 rings (SSSR count). The number of anilines is 2. The maximum Gasteiger partial charge on any atom is 0.325 e. The van der Waals surface area contributed by atoms with Crippen molar-refractivity contribution in [2.45, 2.75) is 16.0 Å². The molecule has 8 nitrogen and oxygen atoms in total. The van der Waals surface area contributed by atoms with Gasteiger partial charge in [-0.2, -0.15) is 5.26 Å². The van der Waals surface area contributed by atoms with E-state index in [-0.39, 0.29) is 11.2 Å². The van der Waals surface area contributed by atoms with Gasteiger partial charge < -0.3 is 10.6 Å². The lowest BCUT2D eigenvalue weighted by atomic mass is 10.2. The molecule has 122 valence electrons. The highest BCUT2D eigenvalue weighted by Crippen LogP contribution is 2.31. The fourth-order valence-electron chi connectivity index (χ4n) is 2.00. The first kappa shape index (κ1) is 16.2. The van der Waals surface area contributed by atoms with Gasteiger partial charge in [-0.15, -0.1) is 10.2 Å². The van der Waals surface area contributed by atoms with Crippen LogP contribution in [0.1, 0.15) is 12.0 Å². The minimum Gasteiger partial charge on any atom is -0.355 e. The second-order valence-electron chi connectivity index (χ2n) is 4.83. The summed E-state index contributed by atoms with van der Waals surface area (Å²) in [6.45, 7) is 0.674. The van der Waals surface area contributed by atoms with Gasteiger partial charge in [0.15, 0.2) is 4.34 Å². The van der Waals surface area contributed by atoms with Crippen LogP contribution in [-0.2, 0) is 4.79 Å². The lowest BCUT2D eigenvalue weighted by Gasteiger charge is -2.04. The summed E-state index contributed by atoms with van der Waals surface area (Å²) in [5.41, 5.74) is 1.08. The van der Waals surface area contributed by atoms with Crippen molar-refractivity contribution in [3.63, 3.8) is 0 Å². The topological polar surface area (TPSA) is 120 Å². The summed E-state index contributed by atoms with van der Waals surface area (Å²) in [7, 11) is 0. The van der Waals surface area contributed by atoms with Crippen LogP contribution in [-0.4, -0.2) is 33.9 Å². The number of carbonyl (C=O) groups is 2. The number of rotatable bonds is 4. The summed E-state index contributed by atoms with van der Waals surface area (Å²) in [5.74, 6) is 0.00303. The van der Waals surface area contributed by atoms with Gasteiger partial charge in [-0.25, -0.2) is 4.79 Å². The van der Waals surface area contributed by atoms with Gasteiger partial charge in [0, 0.05) is 12.2 Å². The molecule has 0 saturated carbocycles. The molecular weight excluding hydrogens is 348 g/mol. The molecule has 1 aromatic carbocycles. The molecule has 3 amide bonds. The zero-order valence-corrected chi connectivity index (χ0v) is 13.9. The Labute approximate surface area is 145 Å². The first-order valence-electron chi connectivity index (χ1n) is 7.00. The van der Waals surface area contributed by atoms with Gasteiger partial charge in [-0.05, 0) is 30.7 Å². The number of nitriles is 1. The number of hydrogen-bond donors (Lipinski definition) is 3. The molecule has 0 bridgehead atoms. The van der Waals surface area contributed by atoms with E-state index in [2.05, 4.69) is 26.1 Å². The largest absolute Gasteiger partial charge is 0.355 e. The monoisotopic (exact) mass is 360 g/mol. The van der Waals surface area contributed by atoms with Crippen molar-refractivity contribution in [1.29, 1.82) is 5.26 Å². The normalized spacial score (nSPS) is 16.3. The van der Waals surface area contributed by atoms with E-state index < -0.39 is 6.03 Å². The molecule has 1 unspecified atom stereocenters. The number of aromatic nitrogens is 2. The molecule has 0 spiro atoms. The van der Waals surface area contributed by atoms with Gasteiger partial charge in [-0.1, -0.05) is 23.1 Å². The Morgan fingerprint density at radius 2 is 2.12 bits per heavy atom. The van der Waals surface area contributed by atoms with Crippen molar-refractivity contribution in [1.82, 2.24) is 15.5 Å². The third kappa shape index (κ3) is 4.01. The van der Waals surface area contributed by atoms with E-state index in [9.17, 15) is 9.59 Å². The molecule has 24 heavy (non-hydrogen) atoms. The molecule has 10 heteroatoms. The average molecular weight is 360 g/mol. The van der Waals surface area contributed by atoms with Crippen LogP contribution in [0.15, 0.2) is 28.6 Å². The van der Waals surface area contributed by atoms with E-state index in [1.165, 1.54) is 23.1 Å². The van der Waals surface area contributed by atoms with E-state index in [0.29, 0.717) is 27.3 Å². The van der Waals surface area contributed by atoms with Crippen molar-refractivity contribution in [2.75, 3.05) is 17.2 Å². The van der Waals surface area contributed by atoms with Crippen LogP contribution >= 0.6 is 23.1 Å². The van der Waals surface area contributed by atoms with Crippen LogP contribution in [0, 0.1) is 11.3 Å². The first-order valence-corrected chi connectivity index (χ1v) is 8.70. The summed E-state index contributed by atoms with van der Waals surface area (Å²) in [6.07, 6.45) is 0.755. The van der Waals surface area contributed by atoms with Gasteiger partial charge in [0.05, 0.1) is 16.9 Å². The molecule has 3 N–H and O–H groups in total. The Bertz CT molecular complexity index is 798. The second kappa shape index (κ2) is 7.29. The van der Waals surface area contributed by atoms with Crippen LogP contribution in [0.5, 0.6) is 0 Å². The molecule has 1 fully saturated rings. The van der Waals surface area contributed by atoms with Crippen LogP contribution in [0.3, 0.4) is 0 Å². The predicted octanol–water partition coefficient (Wildman–Crippen LogP) is 2.03. The number of carbonyl (C=O) groups excluding carboxylic acids is 2. The number of nitrogens with one attached hydrogen (secondary N) is 3. The van der Waals surface area contributed by atoms with Gasteiger partial charge in [-0.3, -0.25) is 10.1 Å². The zero-order valence-electron chi connectivity index (χ0n) is 12.3. The average Bonchev–Trinajstić information content (AvgIpc) is 3.18. The van der Waals surface area contributed by atoms with E-state index in [1.54, 1.807) is 24.3 Å². The van der Waals surface area contributed by atoms with Crippen LogP contribution in [0.4, 0.5) is 15.6 Å². The summed E-state index contributed by atoms with van der Waals surface area (Å²) in [6, 6.07) is 8.05. The summed E-state index contributed by atoms with van der Waals surface area (Å²) in [4.78, 5) is 23.5. The minimum atomic E-state index is -0.453. The highest BCUT2D eigenvalue weighted by molar-refractivity contribution is 8.02. The molecule has 2 heterocycles. The van der Waals surface area contributed by atoms with E-state index in [0.717, 1.165) is 6.42 Å². The van der Waals surface area contributed by atoms with E-state index >= 15 is 0 Å². The number of hydrogen-bond acceptors (Lipinski definition) is 7. The molecule has 2 aromatic rings. The molecule has 1 aliphatic rings. The van der Waals surface area contributed by atoms with Crippen LogP contribution in [0.25, 0.3) is 0 Å². The minimum absolute atomic E-state index is 0.00303. The Balaban J connectivity index is 1.54. The molecule has 1 atom stereocenters. The third-order valence-corrected chi connectivity index (χ3v) is 5.33. The Morgan fingerprint density at radius 1 is 1.33 bits per heavy atom. The smallest absolute Gasteiger partial charge is 0.325 e. The zero-order chi connectivity index (χ0) is 16.9. The second-order valence-corrected chi connectivity index (χ2v) is 7.25. The van der Waals surface area contributed by atoms with Crippen molar-refractivity contribution in [3.8, 4) is 6.07 Å². The van der Waals surface area contributed by atoms with E-state index in [1.807, 2.05) is 6.07 Å². The molecule has 1 aromatic heterocycles. The van der Waals surface area contributed by atoms with Gasteiger partial charge in [0.25, 0.3) is 0 Å². The first-order chi connectivity index (χ1) is 11.6. The Kier molecular flexibility index (Phi) is 4.93. The van der Waals surface area contributed by atoms with Crippen molar-refractivity contribution in [3.05, 3.63) is 29.8 Å². The molecule has 1 saturated heterocycles. The number of amides is 3. The standard InChI is InChI=1S/C14H12N6O2S2/c15-7-8-1-3-9(4-2-8)17-12(22)18-13-19-20-14(24-13)23-10-5-6-16-11(10)21/h1-4,10H,5-6H2,(H,16,21)(H2,17,18,19,22). The fourth-order valence-corrected chi connectivity index (χ4v) is 4.01. The predicted molar refractivity (Wildman–Crippen MR) is 91.0 cm³/mol. The Hall–Kier alpha value is -2.64. The maximum atomic E-state index is 11.9. The highest BCUT2D eigenvalue weighted by Gasteiger charge is 2.26. The number of nitrogens with zero attached hydrogens (tertiary/aromatic N) is 3. The molecule has 0 aliphatic carbocycles. The molecule has 0 radical (unpaired) electrons. The molecular formula is C14H12N6O2S2. The number of urea groups is 1. The quantitative estimate of drug-likeness (QED) is 0.718.